The van der Waals surface area contributed by atoms with Gasteiger partial charge < -0.3 is 15.0 Å². The molecule has 0 atom stereocenters. The number of anilines is 1. The number of carbonyl (C=O) groups excluding carboxylic acids is 1. The van der Waals surface area contributed by atoms with Crippen molar-refractivity contribution in [1.29, 1.82) is 0 Å². The van der Waals surface area contributed by atoms with Gasteiger partial charge in [-0.2, -0.15) is 0 Å². The second kappa shape index (κ2) is 6.16. The smallest absolute Gasteiger partial charge is 0.407 e. The maximum atomic E-state index is 11.6. The van der Waals surface area contributed by atoms with Crippen molar-refractivity contribution in [3.63, 3.8) is 0 Å². The van der Waals surface area contributed by atoms with Crippen LogP contribution in [0.5, 0.6) is 0 Å². The molecule has 1 aromatic heterocycles. The van der Waals surface area contributed by atoms with Crippen LogP contribution in [0.25, 0.3) is 6.08 Å². The fraction of sp³-hybridized carbons (Fsp3) is 0.500. The number of hydrogen-bond donors (Lipinski definition) is 1. The number of nitrogens with one attached hydrogen (secondary N) is 1. The van der Waals surface area contributed by atoms with E-state index >= 15 is 0 Å². The minimum atomic E-state index is -0.454. The second-order valence-corrected chi connectivity index (χ2v) is 6.28. The SMILES string of the molecule is C=Cc1cccc(N2CC(CNC(=O)OC(C)(C)C)C2)n1. The highest BCUT2D eigenvalue weighted by molar-refractivity contribution is 5.67. The molecule has 5 nitrogen and oxygen atoms in total. The van der Waals surface area contributed by atoms with Crippen LogP contribution in [-0.2, 0) is 4.74 Å². The molecule has 1 fully saturated rings. The van der Waals surface area contributed by atoms with E-state index in [1.165, 1.54) is 0 Å². The molecule has 2 heterocycles. The van der Waals surface area contributed by atoms with Crippen LogP contribution in [0.4, 0.5) is 10.6 Å². The maximum Gasteiger partial charge on any atom is 0.407 e. The number of ether oxygens (including phenoxy) is 1. The summed E-state index contributed by atoms with van der Waals surface area (Å²) in [7, 11) is 0. The van der Waals surface area contributed by atoms with Gasteiger partial charge in [-0.1, -0.05) is 12.6 Å². The molecule has 0 unspecified atom stereocenters. The van der Waals surface area contributed by atoms with Gasteiger partial charge in [0.15, 0.2) is 0 Å². The van der Waals surface area contributed by atoms with E-state index in [9.17, 15) is 4.79 Å². The molecular weight excluding hydrogens is 266 g/mol. The van der Waals surface area contributed by atoms with Gasteiger partial charge in [0.1, 0.15) is 11.4 Å². The molecule has 1 amide bonds. The highest BCUT2D eigenvalue weighted by Crippen LogP contribution is 2.22. The number of hydrogen-bond acceptors (Lipinski definition) is 4. The predicted molar refractivity (Wildman–Crippen MR) is 84.3 cm³/mol. The third kappa shape index (κ3) is 4.48. The van der Waals surface area contributed by atoms with Crippen molar-refractivity contribution in [1.82, 2.24) is 10.3 Å². The summed E-state index contributed by atoms with van der Waals surface area (Å²) >= 11 is 0. The lowest BCUT2D eigenvalue weighted by atomic mass is 10.0. The van der Waals surface area contributed by atoms with Crippen molar-refractivity contribution < 1.29 is 9.53 Å². The van der Waals surface area contributed by atoms with Crippen molar-refractivity contribution in [2.45, 2.75) is 26.4 Å². The van der Waals surface area contributed by atoms with E-state index in [-0.39, 0.29) is 6.09 Å². The van der Waals surface area contributed by atoms with Crippen molar-refractivity contribution in [3.05, 3.63) is 30.5 Å². The van der Waals surface area contributed by atoms with Crippen LogP contribution in [0, 0.1) is 5.92 Å². The van der Waals surface area contributed by atoms with Gasteiger partial charge in [0.25, 0.3) is 0 Å². The zero-order chi connectivity index (χ0) is 15.5. The molecule has 1 aliphatic rings. The van der Waals surface area contributed by atoms with E-state index in [1.807, 2.05) is 39.0 Å². The molecule has 21 heavy (non-hydrogen) atoms. The fourth-order valence-electron chi connectivity index (χ4n) is 2.16. The second-order valence-electron chi connectivity index (χ2n) is 6.28. The summed E-state index contributed by atoms with van der Waals surface area (Å²) in [5.74, 6) is 1.40. The normalized spacial score (nSPS) is 15.3. The van der Waals surface area contributed by atoms with E-state index in [0.29, 0.717) is 12.5 Å². The predicted octanol–water partition coefficient (Wildman–Crippen LogP) is 2.69. The van der Waals surface area contributed by atoms with Crippen LogP contribution in [0.2, 0.25) is 0 Å². The summed E-state index contributed by atoms with van der Waals surface area (Å²) in [6.45, 7) is 11.7. The molecule has 1 saturated heterocycles. The topological polar surface area (TPSA) is 54.5 Å². The van der Waals surface area contributed by atoms with E-state index in [4.69, 9.17) is 4.74 Å². The lowest BCUT2D eigenvalue weighted by molar-refractivity contribution is 0.0516. The van der Waals surface area contributed by atoms with E-state index in [2.05, 4.69) is 21.8 Å². The van der Waals surface area contributed by atoms with Gasteiger partial charge in [-0.25, -0.2) is 9.78 Å². The third-order valence-electron chi connectivity index (χ3n) is 3.18. The van der Waals surface area contributed by atoms with Crippen LogP contribution in [0.3, 0.4) is 0 Å². The van der Waals surface area contributed by atoms with Crippen LogP contribution in [0.15, 0.2) is 24.8 Å². The first-order valence-electron chi connectivity index (χ1n) is 7.18. The number of amides is 1. The monoisotopic (exact) mass is 289 g/mol. The van der Waals surface area contributed by atoms with Gasteiger partial charge in [0.2, 0.25) is 0 Å². The third-order valence-corrected chi connectivity index (χ3v) is 3.18. The van der Waals surface area contributed by atoms with Gasteiger partial charge in [-0.05, 0) is 39.0 Å². The van der Waals surface area contributed by atoms with Crippen molar-refractivity contribution in [2.24, 2.45) is 5.92 Å². The zero-order valence-electron chi connectivity index (χ0n) is 12.9. The quantitative estimate of drug-likeness (QED) is 0.926. The van der Waals surface area contributed by atoms with Gasteiger partial charge in [-0.3, -0.25) is 0 Å². The number of alkyl carbamates (subject to hydrolysis) is 1. The molecule has 5 heteroatoms. The Morgan fingerprint density at radius 2 is 2.24 bits per heavy atom. The summed E-state index contributed by atoms with van der Waals surface area (Å²) in [6, 6.07) is 5.90. The van der Waals surface area contributed by atoms with Crippen LogP contribution in [0.1, 0.15) is 26.5 Å². The molecule has 114 valence electrons. The van der Waals surface area contributed by atoms with Gasteiger partial charge in [0, 0.05) is 25.6 Å². The highest BCUT2D eigenvalue weighted by Gasteiger charge is 2.28. The lowest BCUT2D eigenvalue weighted by Gasteiger charge is -2.40. The number of carbonyl (C=O) groups is 1. The molecule has 2 rings (SSSR count). The molecular formula is C16H23N3O2. The Labute approximate surface area is 126 Å². The Morgan fingerprint density at radius 3 is 2.86 bits per heavy atom. The van der Waals surface area contributed by atoms with E-state index in [0.717, 1.165) is 24.6 Å². The standard InChI is InChI=1S/C16H23N3O2/c1-5-13-7-6-8-14(18-13)19-10-12(11-19)9-17-15(20)21-16(2,3)4/h5-8,12H,1,9-11H2,2-4H3,(H,17,20). The van der Waals surface area contributed by atoms with E-state index in [1.54, 1.807) is 6.08 Å². The first-order valence-corrected chi connectivity index (χ1v) is 7.18. The first kappa shape index (κ1) is 15.4. The first-order chi connectivity index (χ1) is 9.87. The molecule has 0 saturated carbocycles. The summed E-state index contributed by atoms with van der Waals surface area (Å²) in [5, 5.41) is 2.81. The zero-order valence-corrected chi connectivity index (χ0v) is 12.9. The largest absolute Gasteiger partial charge is 0.444 e. The average Bonchev–Trinajstić information content (AvgIpc) is 2.35. The van der Waals surface area contributed by atoms with Crippen molar-refractivity contribution >= 4 is 18.0 Å². The van der Waals surface area contributed by atoms with Gasteiger partial charge >= 0.3 is 6.09 Å². The summed E-state index contributed by atoms with van der Waals surface area (Å²) < 4.78 is 5.21. The molecule has 0 bridgehead atoms. The Hall–Kier alpha value is -2.04. The molecule has 0 aromatic carbocycles. The molecule has 1 aliphatic heterocycles. The van der Waals surface area contributed by atoms with Gasteiger partial charge in [-0.15, -0.1) is 0 Å². The van der Waals surface area contributed by atoms with E-state index < -0.39 is 5.60 Å². The maximum absolute atomic E-state index is 11.6. The number of nitrogens with zero attached hydrogens (tertiary/aromatic N) is 2. The Kier molecular flexibility index (Phi) is 4.50. The highest BCUT2D eigenvalue weighted by atomic mass is 16.6. The summed E-state index contributed by atoms with van der Waals surface area (Å²) in [4.78, 5) is 18.2. The molecule has 0 aliphatic carbocycles. The minimum absolute atomic E-state index is 0.354. The molecule has 1 aromatic rings. The number of pyridine rings is 1. The number of rotatable bonds is 4. The minimum Gasteiger partial charge on any atom is -0.444 e. The molecule has 0 spiro atoms. The van der Waals surface area contributed by atoms with Crippen LogP contribution >= 0.6 is 0 Å². The van der Waals surface area contributed by atoms with Gasteiger partial charge in [0.05, 0.1) is 5.69 Å². The van der Waals surface area contributed by atoms with Crippen molar-refractivity contribution in [3.8, 4) is 0 Å². The summed E-state index contributed by atoms with van der Waals surface area (Å²) in [5.41, 5.74) is 0.424. The Bertz CT molecular complexity index is 516. The van der Waals surface area contributed by atoms with Crippen LogP contribution < -0.4 is 10.2 Å². The Morgan fingerprint density at radius 1 is 1.52 bits per heavy atom. The average molecular weight is 289 g/mol. The summed E-state index contributed by atoms with van der Waals surface area (Å²) in [6.07, 6.45) is 1.39. The van der Waals surface area contributed by atoms with Crippen LogP contribution in [-0.4, -0.2) is 36.3 Å². The molecule has 0 radical (unpaired) electrons. The Balaban J connectivity index is 1.74. The number of aromatic nitrogens is 1. The fourth-order valence-corrected chi connectivity index (χ4v) is 2.16. The lowest BCUT2D eigenvalue weighted by Crippen LogP contribution is -2.52. The molecule has 1 N–H and O–H groups in total. The van der Waals surface area contributed by atoms with Crippen molar-refractivity contribution in [2.75, 3.05) is 24.5 Å².